The van der Waals surface area contributed by atoms with Crippen molar-refractivity contribution in [1.29, 1.82) is 0 Å². The molecule has 0 spiro atoms. The van der Waals surface area contributed by atoms with E-state index >= 15 is 0 Å². The van der Waals surface area contributed by atoms with Gasteiger partial charge < -0.3 is 4.74 Å². The fourth-order valence-corrected chi connectivity index (χ4v) is 2.43. The Hall–Kier alpha value is -0.503. The van der Waals surface area contributed by atoms with Gasteiger partial charge in [0.05, 0.1) is 15.4 Å². The van der Waals surface area contributed by atoms with Crippen molar-refractivity contribution in [2.45, 2.75) is 20.4 Å². The first-order valence-electron chi connectivity index (χ1n) is 3.77. The van der Waals surface area contributed by atoms with Gasteiger partial charge in [-0.25, -0.2) is 0 Å². The first-order chi connectivity index (χ1) is 4.75. The van der Waals surface area contributed by atoms with Crippen molar-refractivity contribution in [3.8, 4) is 0 Å². The summed E-state index contributed by atoms with van der Waals surface area (Å²) in [6, 6.07) is 0. The SMILES string of the molecule is CCOC1=C(C)[SiH](C)C=C1. The van der Waals surface area contributed by atoms with Crippen molar-refractivity contribution in [3.05, 3.63) is 22.7 Å². The number of ether oxygens (including phenoxy) is 1. The lowest BCUT2D eigenvalue weighted by molar-refractivity contribution is 0.241. The lowest BCUT2D eigenvalue weighted by Gasteiger charge is -2.04. The zero-order chi connectivity index (χ0) is 7.56. The third-order valence-electron chi connectivity index (χ3n) is 1.91. The van der Waals surface area contributed by atoms with Gasteiger partial charge in [0.1, 0.15) is 5.76 Å². The van der Waals surface area contributed by atoms with Gasteiger partial charge in [-0.15, -0.1) is 0 Å². The van der Waals surface area contributed by atoms with Gasteiger partial charge in [0.15, 0.2) is 0 Å². The first kappa shape index (κ1) is 7.60. The second-order valence-electron chi connectivity index (χ2n) is 2.63. The van der Waals surface area contributed by atoms with Crippen LogP contribution in [0.5, 0.6) is 0 Å². The van der Waals surface area contributed by atoms with Crippen LogP contribution in [-0.4, -0.2) is 15.4 Å². The summed E-state index contributed by atoms with van der Waals surface area (Å²) in [6.07, 6.45) is 2.12. The third kappa shape index (κ3) is 1.32. The normalized spacial score (nSPS) is 24.1. The molecule has 0 radical (unpaired) electrons. The van der Waals surface area contributed by atoms with Gasteiger partial charge in [-0.2, -0.15) is 0 Å². The summed E-state index contributed by atoms with van der Waals surface area (Å²) in [5.74, 6) is 1.13. The van der Waals surface area contributed by atoms with E-state index in [1.54, 1.807) is 0 Å². The van der Waals surface area contributed by atoms with E-state index in [1.165, 1.54) is 5.20 Å². The van der Waals surface area contributed by atoms with Crippen LogP contribution in [0.1, 0.15) is 13.8 Å². The van der Waals surface area contributed by atoms with Gasteiger partial charge in [0.25, 0.3) is 0 Å². The molecule has 1 aliphatic rings. The molecule has 1 unspecified atom stereocenters. The Bertz CT molecular complexity index is 182. The third-order valence-corrected chi connectivity index (χ3v) is 4.33. The molecule has 0 saturated heterocycles. The summed E-state index contributed by atoms with van der Waals surface area (Å²) in [6.45, 7) is 7.32. The summed E-state index contributed by atoms with van der Waals surface area (Å²) < 4.78 is 5.41. The Kier molecular flexibility index (Phi) is 2.32. The van der Waals surface area contributed by atoms with Crippen molar-refractivity contribution >= 4 is 8.80 Å². The van der Waals surface area contributed by atoms with Crippen molar-refractivity contribution in [3.63, 3.8) is 0 Å². The van der Waals surface area contributed by atoms with Gasteiger partial charge >= 0.3 is 0 Å². The number of allylic oxidation sites excluding steroid dienone is 2. The predicted molar refractivity (Wildman–Crippen MR) is 46.5 cm³/mol. The lowest BCUT2D eigenvalue weighted by atomic mass is 10.4. The molecule has 1 heterocycles. The van der Waals surface area contributed by atoms with Crippen molar-refractivity contribution in [2.75, 3.05) is 6.61 Å². The van der Waals surface area contributed by atoms with Crippen LogP contribution >= 0.6 is 0 Å². The van der Waals surface area contributed by atoms with E-state index in [9.17, 15) is 0 Å². The van der Waals surface area contributed by atoms with Crippen LogP contribution in [-0.2, 0) is 4.74 Å². The minimum absolute atomic E-state index is 0.659. The van der Waals surface area contributed by atoms with Crippen molar-refractivity contribution in [1.82, 2.24) is 0 Å². The largest absolute Gasteiger partial charge is 0.494 e. The van der Waals surface area contributed by atoms with Gasteiger partial charge in [-0.3, -0.25) is 0 Å². The van der Waals surface area contributed by atoms with Crippen LogP contribution in [0.25, 0.3) is 0 Å². The summed E-state index contributed by atoms with van der Waals surface area (Å²) in [5, 5.41) is 1.49. The maximum atomic E-state index is 5.41. The van der Waals surface area contributed by atoms with E-state index in [-0.39, 0.29) is 0 Å². The average Bonchev–Trinajstić information content (AvgIpc) is 2.20. The predicted octanol–water partition coefficient (Wildman–Crippen LogP) is 1.80. The highest BCUT2D eigenvalue weighted by atomic mass is 28.3. The molecule has 0 N–H and O–H groups in total. The summed E-state index contributed by atoms with van der Waals surface area (Å²) in [4.78, 5) is 0. The maximum Gasteiger partial charge on any atom is 0.113 e. The summed E-state index contributed by atoms with van der Waals surface area (Å²) in [5.41, 5.74) is 2.31. The monoisotopic (exact) mass is 154 g/mol. The minimum Gasteiger partial charge on any atom is -0.494 e. The van der Waals surface area contributed by atoms with E-state index in [4.69, 9.17) is 4.74 Å². The molecule has 56 valence electrons. The zero-order valence-corrected chi connectivity index (χ0v) is 8.00. The Morgan fingerprint density at radius 2 is 2.30 bits per heavy atom. The Balaban J connectivity index is 2.65. The molecule has 1 nitrogen and oxygen atoms in total. The van der Waals surface area contributed by atoms with Gasteiger partial charge in [-0.1, -0.05) is 12.2 Å². The standard InChI is InChI=1S/C8H14OSi/c1-4-9-8-5-6-10(3)7(8)2/h5-6,10H,4H2,1-3H3. The van der Waals surface area contributed by atoms with Crippen LogP contribution in [0.2, 0.25) is 6.55 Å². The van der Waals surface area contributed by atoms with Crippen LogP contribution in [0.3, 0.4) is 0 Å². The lowest BCUT2D eigenvalue weighted by Crippen LogP contribution is -2.03. The molecule has 1 atom stereocenters. The van der Waals surface area contributed by atoms with Gasteiger partial charge in [0, 0.05) is 0 Å². The fraction of sp³-hybridized carbons (Fsp3) is 0.500. The number of rotatable bonds is 2. The molecule has 0 aromatic heterocycles. The molecule has 10 heavy (non-hydrogen) atoms. The molecule has 0 bridgehead atoms. The van der Waals surface area contributed by atoms with Crippen molar-refractivity contribution in [2.24, 2.45) is 0 Å². The van der Waals surface area contributed by atoms with E-state index in [2.05, 4.69) is 25.2 Å². The van der Waals surface area contributed by atoms with E-state index in [1.807, 2.05) is 6.92 Å². The average molecular weight is 154 g/mol. The van der Waals surface area contributed by atoms with Gasteiger partial charge in [-0.05, 0) is 25.1 Å². The van der Waals surface area contributed by atoms with Crippen LogP contribution < -0.4 is 0 Å². The Morgan fingerprint density at radius 1 is 1.60 bits per heavy atom. The van der Waals surface area contributed by atoms with Crippen LogP contribution in [0, 0.1) is 0 Å². The molecule has 1 rings (SSSR count). The van der Waals surface area contributed by atoms with Gasteiger partial charge in [0.2, 0.25) is 0 Å². The molecule has 0 aromatic rings. The smallest absolute Gasteiger partial charge is 0.113 e. The molecular weight excluding hydrogens is 140 g/mol. The Morgan fingerprint density at radius 3 is 2.70 bits per heavy atom. The molecule has 0 fully saturated rings. The highest BCUT2D eigenvalue weighted by molar-refractivity contribution is 6.71. The van der Waals surface area contributed by atoms with E-state index in [0.717, 1.165) is 12.4 Å². The molecule has 1 aliphatic heterocycles. The van der Waals surface area contributed by atoms with E-state index in [0.29, 0.717) is 0 Å². The number of hydrogen-bond acceptors (Lipinski definition) is 1. The zero-order valence-electron chi connectivity index (χ0n) is 6.85. The van der Waals surface area contributed by atoms with Crippen LogP contribution in [0.4, 0.5) is 0 Å². The molecule has 0 aromatic carbocycles. The number of hydrogen-bond donors (Lipinski definition) is 0. The first-order valence-corrected chi connectivity index (χ1v) is 6.17. The van der Waals surface area contributed by atoms with Crippen molar-refractivity contribution < 1.29 is 4.74 Å². The van der Waals surface area contributed by atoms with E-state index < -0.39 is 8.80 Å². The minimum atomic E-state index is -0.659. The fourth-order valence-electron chi connectivity index (χ4n) is 1.05. The summed E-state index contributed by atoms with van der Waals surface area (Å²) in [7, 11) is -0.659. The summed E-state index contributed by atoms with van der Waals surface area (Å²) >= 11 is 0. The molecule has 0 aliphatic carbocycles. The second kappa shape index (κ2) is 3.06. The molecular formula is C8H14OSi. The topological polar surface area (TPSA) is 9.23 Å². The second-order valence-corrected chi connectivity index (χ2v) is 5.46. The molecule has 0 saturated carbocycles. The highest BCUT2D eigenvalue weighted by Gasteiger charge is 2.13. The molecule has 0 amide bonds. The highest BCUT2D eigenvalue weighted by Crippen LogP contribution is 2.18. The maximum absolute atomic E-state index is 5.41. The van der Waals surface area contributed by atoms with Crippen LogP contribution in [0.15, 0.2) is 22.7 Å². The Labute approximate surface area is 64.0 Å². The quantitative estimate of drug-likeness (QED) is 0.551. The molecule has 2 heteroatoms.